The second kappa shape index (κ2) is 61.5. The molecule has 0 rings (SSSR count). The molecule has 0 aromatic carbocycles. The number of carbonyl (C=O) groups excluding carboxylic acids is 3. The fraction of sp³-hybridized carbons (Fsp3) is 0.806. The van der Waals surface area contributed by atoms with Crippen molar-refractivity contribution in [2.45, 2.75) is 309 Å². The van der Waals surface area contributed by atoms with Crippen molar-refractivity contribution in [3.63, 3.8) is 0 Å². The second-order valence-electron chi connectivity index (χ2n) is 22.6. The Kier molecular flexibility index (Phi) is 59.5. The average Bonchev–Trinajstić information content (AvgIpc) is 3.52. The first-order valence-corrected chi connectivity index (χ1v) is 36.6. The van der Waals surface area contributed by atoms with Crippen LogP contribution in [0.3, 0.4) is 0 Å². The van der Waals surface area contributed by atoms with E-state index in [0.717, 1.165) is 128 Å². The SMILES string of the molecule is CC/C=C\C/C=C\C/C=C\C/C=C\CCCCCCCCC(=O)OCC(O)COP(=O)(O)OCC(O)COP(=O)(O)OCC(COC(=O)CCCCCCC/C=C\CCCCCCCC)OC(=O)CCCCCCCCCCCCCCCCC. The summed E-state index contributed by atoms with van der Waals surface area (Å²) in [7, 11) is -9.76. The van der Waals surface area contributed by atoms with Gasteiger partial charge in [0, 0.05) is 19.3 Å². The molecule has 0 radical (unpaired) electrons. The summed E-state index contributed by atoms with van der Waals surface area (Å²) in [6.45, 7) is 2.56. The lowest BCUT2D eigenvalue weighted by Crippen LogP contribution is -2.30. The van der Waals surface area contributed by atoms with Crippen molar-refractivity contribution in [3.8, 4) is 0 Å². The monoisotopic (exact) mass is 1240 g/mol. The minimum Gasteiger partial charge on any atom is -0.463 e. The van der Waals surface area contributed by atoms with Gasteiger partial charge in [-0.3, -0.25) is 32.5 Å². The number of hydrogen-bond acceptors (Lipinski definition) is 14. The van der Waals surface area contributed by atoms with E-state index in [1.807, 2.05) is 0 Å². The van der Waals surface area contributed by atoms with Crippen molar-refractivity contribution in [2.24, 2.45) is 0 Å². The number of unbranched alkanes of at least 4 members (excludes halogenated alkanes) is 31. The van der Waals surface area contributed by atoms with Crippen LogP contribution >= 0.6 is 15.6 Å². The van der Waals surface area contributed by atoms with E-state index in [4.69, 9.17) is 32.3 Å². The number of allylic oxidation sites excluding steroid dienone is 10. The van der Waals surface area contributed by atoms with E-state index in [1.165, 1.54) is 103 Å². The smallest absolute Gasteiger partial charge is 0.463 e. The average molecular weight is 1250 g/mol. The number of carbonyl (C=O) groups is 3. The zero-order valence-corrected chi connectivity index (χ0v) is 55.3. The Bertz CT molecular complexity index is 1800. The van der Waals surface area contributed by atoms with Gasteiger partial charge in [0.25, 0.3) is 0 Å². The molecule has 0 saturated carbocycles. The van der Waals surface area contributed by atoms with Crippen LogP contribution in [0.15, 0.2) is 60.8 Å². The van der Waals surface area contributed by atoms with Crippen LogP contribution < -0.4 is 0 Å². The van der Waals surface area contributed by atoms with Gasteiger partial charge < -0.3 is 34.2 Å². The van der Waals surface area contributed by atoms with E-state index < -0.39 is 91.5 Å². The van der Waals surface area contributed by atoms with Gasteiger partial charge in [0.1, 0.15) is 25.4 Å². The summed E-state index contributed by atoms with van der Waals surface area (Å²) < 4.78 is 60.8. The Morgan fingerprint density at radius 2 is 0.624 bits per heavy atom. The molecular weight excluding hydrogens is 1120 g/mol. The number of phosphoric acid groups is 2. The first-order chi connectivity index (χ1) is 41.2. The second-order valence-corrected chi connectivity index (χ2v) is 25.5. The maximum absolute atomic E-state index is 12.9. The van der Waals surface area contributed by atoms with Gasteiger partial charge in [0.2, 0.25) is 0 Å². The number of phosphoric ester groups is 2. The highest BCUT2D eigenvalue weighted by Crippen LogP contribution is 2.45. The highest BCUT2D eigenvalue weighted by molar-refractivity contribution is 7.47. The quantitative estimate of drug-likeness (QED) is 0.0146. The number of hydrogen-bond donors (Lipinski definition) is 4. The summed E-state index contributed by atoms with van der Waals surface area (Å²) in [5.41, 5.74) is 0. The molecule has 16 nitrogen and oxygen atoms in total. The number of ether oxygens (including phenoxy) is 3. The Morgan fingerprint density at radius 1 is 0.341 bits per heavy atom. The van der Waals surface area contributed by atoms with Crippen molar-refractivity contribution in [1.29, 1.82) is 0 Å². The predicted molar refractivity (Wildman–Crippen MR) is 344 cm³/mol. The minimum atomic E-state index is -4.92. The molecular formula is C67H122O16P2. The molecule has 0 bridgehead atoms. The Morgan fingerprint density at radius 3 is 1.00 bits per heavy atom. The van der Waals surface area contributed by atoms with E-state index in [-0.39, 0.29) is 19.3 Å². The zero-order chi connectivity index (χ0) is 62.4. The van der Waals surface area contributed by atoms with Gasteiger partial charge >= 0.3 is 33.6 Å². The van der Waals surface area contributed by atoms with Crippen molar-refractivity contribution >= 4 is 33.6 Å². The van der Waals surface area contributed by atoms with Gasteiger partial charge in [-0.15, -0.1) is 0 Å². The Labute approximate surface area is 516 Å². The van der Waals surface area contributed by atoms with E-state index in [2.05, 4.69) is 81.5 Å². The third-order valence-electron chi connectivity index (χ3n) is 14.2. The van der Waals surface area contributed by atoms with Crippen LogP contribution in [-0.2, 0) is 55.8 Å². The highest BCUT2D eigenvalue weighted by atomic mass is 31.2. The molecule has 0 spiro atoms. The van der Waals surface area contributed by atoms with E-state index in [9.17, 15) is 43.5 Å². The summed E-state index contributed by atoms with van der Waals surface area (Å²) in [6.07, 6.45) is 61.2. The van der Waals surface area contributed by atoms with Crippen LogP contribution in [0.2, 0.25) is 0 Å². The van der Waals surface area contributed by atoms with Crippen molar-refractivity contribution < 1.29 is 75.8 Å². The predicted octanol–water partition coefficient (Wildman–Crippen LogP) is 18.2. The van der Waals surface area contributed by atoms with Crippen molar-refractivity contribution in [2.75, 3.05) is 39.6 Å². The molecule has 0 amide bonds. The standard InChI is InChI=1S/C67H122O16P2/c1-4-7-10-13-16-19-22-25-28-29-30-31-34-36-38-41-44-47-50-53-65(70)77-56-62(68)57-79-84(73,74)80-58-63(69)59-81-85(75,76)82-61-64(83-67(72)55-52-49-46-43-40-37-33-27-24-21-18-15-12-9-6-3)60-78-66(71)54-51-48-45-42-39-35-32-26-23-20-17-14-11-8-5-2/h7,10,16,19,25-26,28,30-32,62-64,68-69H,4-6,8-9,11-15,17-18,20-24,27,29,33-61H2,1-3H3,(H,73,74)(H,75,76)/b10-7-,19-16-,28-25-,31-30-,32-26-. The van der Waals surface area contributed by atoms with Gasteiger partial charge in [0.05, 0.1) is 26.4 Å². The number of aliphatic hydroxyl groups is 2. The molecule has 18 heteroatoms. The van der Waals surface area contributed by atoms with Crippen LogP contribution in [0.1, 0.15) is 290 Å². The third kappa shape index (κ3) is 62.7. The van der Waals surface area contributed by atoms with Gasteiger partial charge in [-0.1, -0.05) is 248 Å². The molecule has 0 aromatic heterocycles. The molecule has 0 heterocycles. The summed E-state index contributed by atoms with van der Waals surface area (Å²) in [5.74, 6) is -1.58. The first kappa shape index (κ1) is 82.2. The molecule has 0 saturated heterocycles. The lowest BCUT2D eigenvalue weighted by atomic mass is 10.0. The maximum atomic E-state index is 12.9. The van der Waals surface area contributed by atoms with Crippen molar-refractivity contribution in [1.82, 2.24) is 0 Å². The molecule has 5 unspecified atom stereocenters. The topological polar surface area (TPSA) is 231 Å². The molecule has 0 aromatic rings. The first-order valence-electron chi connectivity index (χ1n) is 33.6. The molecule has 85 heavy (non-hydrogen) atoms. The van der Waals surface area contributed by atoms with E-state index in [1.54, 1.807) is 0 Å². The fourth-order valence-electron chi connectivity index (χ4n) is 9.09. The summed E-state index contributed by atoms with van der Waals surface area (Å²) in [6, 6.07) is 0. The fourth-order valence-corrected chi connectivity index (χ4v) is 10.7. The van der Waals surface area contributed by atoms with Crippen LogP contribution in [0.5, 0.6) is 0 Å². The third-order valence-corrected chi connectivity index (χ3v) is 16.1. The van der Waals surface area contributed by atoms with Crippen LogP contribution in [0, 0.1) is 0 Å². The summed E-state index contributed by atoms with van der Waals surface area (Å²) in [5, 5.41) is 20.5. The van der Waals surface area contributed by atoms with Crippen LogP contribution in [-0.4, -0.2) is 95.9 Å². The summed E-state index contributed by atoms with van der Waals surface area (Å²) in [4.78, 5) is 58.3. The molecule has 0 aliphatic rings. The van der Waals surface area contributed by atoms with Crippen LogP contribution in [0.25, 0.3) is 0 Å². The Hall–Kier alpha value is -2.75. The molecule has 0 aliphatic carbocycles. The van der Waals surface area contributed by atoms with E-state index >= 15 is 0 Å². The highest BCUT2D eigenvalue weighted by Gasteiger charge is 2.29. The molecule has 5 atom stereocenters. The molecule has 4 N–H and O–H groups in total. The zero-order valence-electron chi connectivity index (χ0n) is 53.5. The van der Waals surface area contributed by atoms with Gasteiger partial charge in [-0.25, -0.2) is 9.13 Å². The minimum absolute atomic E-state index is 0.109. The summed E-state index contributed by atoms with van der Waals surface area (Å²) >= 11 is 0. The number of esters is 3. The Balaban J connectivity index is 4.65. The molecule has 496 valence electrons. The van der Waals surface area contributed by atoms with Gasteiger partial charge in [-0.2, -0.15) is 0 Å². The lowest BCUT2D eigenvalue weighted by molar-refractivity contribution is -0.161. The number of rotatable bonds is 64. The largest absolute Gasteiger partial charge is 0.472 e. The molecule has 0 fully saturated rings. The number of aliphatic hydroxyl groups excluding tert-OH is 2. The van der Waals surface area contributed by atoms with Crippen molar-refractivity contribution in [3.05, 3.63) is 60.8 Å². The van der Waals surface area contributed by atoms with Gasteiger partial charge in [-0.05, 0) is 83.5 Å². The lowest BCUT2D eigenvalue weighted by Gasteiger charge is -2.21. The van der Waals surface area contributed by atoms with Gasteiger partial charge in [0.15, 0.2) is 6.10 Å². The molecule has 0 aliphatic heterocycles. The maximum Gasteiger partial charge on any atom is 0.472 e. The van der Waals surface area contributed by atoms with E-state index in [0.29, 0.717) is 19.3 Å². The van der Waals surface area contributed by atoms with Crippen LogP contribution in [0.4, 0.5) is 0 Å². The normalized spacial score (nSPS) is 14.7.